The van der Waals surface area contributed by atoms with Crippen molar-refractivity contribution in [2.24, 2.45) is 0 Å². The Morgan fingerprint density at radius 3 is 0.655 bits per heavy atom. The molecule has 0 saturated carbocycles. The summed E-state index contributed by atoms with van der Waals surface area (Å²) in [6.07, 6.45) is 58.6. The number of anilines is 2. The van der Waals surface area contributed by atoms with E-state index < -0.39 is 0 Å². The van der Waals surface area contributed by atoms with E-state index in [4.69, 9.17) is 28.4 Å². The molecule has 488 valence electrons. The first-order chi connectivity index (χ1) is 41.5. The highest BCUT2D eigenvalue weighted by molar-refractivity contribution is 9.09. The Labute approximate surface area is 534 Å². The molecule has 0 aliphatic rings. The molecule has 0 heterocycles. The molecule has 11 heteroatoms. The molecule has 0 aliphatic carbocycles. The number of hydrogen-bond acceptors (Lipinski definition) is 7. The number of benzene rings is 2. The van der Waals surface area contributed by atoms with Gasteiger partial charge in [0.1, 0.15) is 0 Å². The number of hydrogen-bond donors (Lipinski definition) is 2. The van der Waals surface area contributed by atoms with Gasteiger partial charge in [0.15, 0.2) is 23.0 Å². The standard InChI is InChI=1S/C73H130Br2N2O7/c1-5-9-13-17-21-31-39-47-55-79-67-61-65(63-69(81-57-49-41-35-27-25-29-37-45-53-74)71(67)83-59-51-43-33-23-19-15-11-7-3)76-73(78)77-66-62-68(80-56-48-40-32-22-18-14-10-6-2)72(84-60-52-44-34-24-20-16-12-8-4)70(64-66)82-58-50-42-36-28-26-30-38-46-54-75/h61-64H,5-60H2,1-4H3,(H2,76,77,78). The van der Waals surface area contributed by atoms with E-state index in [2.05, 4.69) is 70.2 Å². The molecule has 2 aromatic rings. The second-order valence-electron chi connectivity index (χ2n) is 24.2. The fraction of sp³-hybridized carbons (Fsp3) is 0.822. The number of halogens is 2. The summed E-state index contributed by atoms with van der Waals surface area (Å²) >= 11 is 7.15. The number of carbonyl (C=O) groups excluding carboxylic acids is 1. The first kappa shape index (κ1) is 77.6. The summed E-state index contributed by atoms with van der Waals surface area (Å²) in [7, 11) is 0. The molecule has 0 spiro atoms. The molecule has 2 rings (SSSR count). The van der Waals surface area contributed by atoms with Gasteiger partial charge in [-0.2, -0.15) is 0 Å². The van der Waals surface area contributed by atoms with Crippen molar-refractivity contribution < 1.29 is 33.2 Å². The van der Waals surface area contributed by atoms with Gasteiger partial charge in [0.2, 0.25) is 11.5 Å². The van der Waals surface area contributed by atoms with E-state index in [9.17, 15) is 4.79 Å². The van der Waals surface area contributed by atoms with Gasteiger partial charge in [-0.15, -0.1) is 0 Å². The van der Waals surface area contributed by atoms with Gasteiger partial charge in [0.05, 0.1) is 51.0 Å². The van der Waals surface area contributed by atoms with Crippen molar-refractivity contribution in [1.82, 2.24) is 0 Å². The summed E-state index contributed by atoms with van der Waals surface area (Å²) in [6.45, 7) is 12.6. The molecule has 2 aromatic carbocycles. The van der Waals surface area contributed by atoms with Crippen LogP contribution in [0.2, 0.25) is 0 Å². The summed E-state index contributed by atoms with van der Waals surface area (Å²) in [5, 5.41) is 8.57. The number of alkyl halides is 2. The molecule has 84 heavy (non-hydrogen) atoms. The van der Waals surface area contributed by atoms with Gasteiger partial charge in [0.25, 0.3) is 0 Å². The van der Waals surface area contributed by atoms with Crippen molar-refractivity contribution in [1.29, 1.82) is 0 Å². The van der Waals surface area contributed by atoms with Crippen LogP contribution in [0.5, 0.6) is 34.5 Å². The van der Waals surface area contributed by atoms with Crippen molar-refractivity contribution in [2.45, 2.75) is 336 Å². The van der Waals surface area contributed by atoms with Gasteiger partial charge in [-0.05, 0) is 51.4 Å². The number of amides is 2. The van der Waals surface area contributed by atoms with Crippen LogP contribution in [-0.4, -0.2) is 56.3 Å². The predicted octanol–water partition coefficient (Wildman–Crippen LogP) is 25.2. The van der Waals surface area contributed by atoms with E-state index in [1.54, 1.807) is 0 Å². The van der Waals surface area contributed by atoms with Crippen molar-refractivity contribution in [3.63, 3.8) is 0 Å². The Bertz CT molecular complexity index is 1640. The molecule has 0 aliphatic heterocycles. The molecule has 9 nitrogen and oxygen atoms in total. The summed E-state index contributed by atoms with van der Waals surface area (Å²) < 4.78 is 40.0. The Morgan fingerprint density at radius 1 is 0.274 bits per heavy atom. The topological polar surface area (TPSA) is 96.5 Å². The molecule has 0 atom stereocenters. The molecule has 0 aromatic heterocycles. The van der Waals surface area contributed by atoms with E-state index in [0.717, 1.165) is 87.7 Å². The first-order valence-corrected chi connectivity index (χ1v) is 38.1. The van der Waals surface area contributed by atoms with Crippen LogP contribution in [-0.2, 0) is 0 Å². The molecule has 0 radical (unpaired) electrons. The highest BCUT2D eigenvalue weighted by atomic mass is 79.9. The average Bonchev–Trinajstić information content (AvgIpc) is 3.69. The zero-order chi connectivity index (χ0) is 60.3. The third-order valence-corrected chi connectivity index (χ3v) is 17.2. The largest absolute Gasteiger partial charge is 0.489 e. The summed E-state index contributed by atoms with van der Waals surface area (Å²) in [5.74, 6) is 3.76. The van der Waals surface area contributed by atoms with E-state index in [0.29, 0.717) is 85.5 Å². The normalized spacial score (nSPS) is 11.3. The van der Waals surface area contributed by atoms with Crippen LogP contribution in [0.15, 0.2) is 24.3 Å². The van der Waals surface area contributed by atoms with Crippen LogP contribution >= 0.6 is 31.9 Å². The smallest absolute Gasteiger partial charge is 0.323 e. The lowest BCUT2D eigenvalue weighted by atomic mass is 10.1. The van der Waals surface area contributed by atoms with Gasteiger partial charge in [0, 0.05) is 34.9 Å². The van der Waals surface area contributed by atoms with Gasteiger partial charge in [-0.1, -0.05) is 316 Å². The molecule has 0 saturated heterocycles. The molecule has 0 bridgehead atoms. The lowest BCUT2D eigenvalue weighted by Crippen LogP contribution is -2.20. The van der Waals surface area contributed by atoms with Crippen LogP contribution in [0.3, 0.4) is 0 Å². The van der Waals surface area contributed by atoms with Gasteiger partial charge >= 0.3 is 6.03 Å². The second-order valence-corrected chi connectivity index (χ2v) is 25.8. The number of rotatable bonds is 64. The predicted molar refractivity (Wildman–Crippen MR) is 370 cm³/mol. The van der Waals surface area contributed by atoms with Crippen molar-refractivity contribution in [3.8, 4) is 34.5 Å². The Kier molecular flexibility index (Phi) is 54.9. The van der Waals surface area contributed by atoms with E-state index in [1.807, 2.05) is 24.3 Å². The number of urea groups is 1. The lowest BCUT2D eigenvalue weighted by molar-refractivity contribution is 0.234. The highest BCUT2D eigenvalue weighted by Crippen LogP contribution is 2.43. The van der Waals surface area contributed by atoms with Crippen LogP contribution in [0, 0.1) is 0 Å². The first-order valence-electron chi connectivity index (χ1n) is 35.8. The third kappa shape index (κ3) is 44.0. The van der Waals surface area contributed by atoms with Gasteiger partial charge < -0.3 is 39.1 Å². The summed E-state index contributed by atoms with van der Waals surface area (Å²) in [6, 6.07) is 7.33. The number of ether oxygens (including phenoxy) is 6. The fourth-order valence-corrected chi connectivity index (χ4v) is 11.6. The van der Waals surface area contributed by atoms with E-state index in [-0.39, 0.29) is 6.03 Å². The maximum Gasteiger partial charge on any atom is 0.323 e. The molecular weight excluding hydrogens is 1180 g/mol. The zero-order valence-corrected chi connectivity index (χ0v) is 58.2. The van der Waals surface area contributed by atoms with Crippen molar-refractivity contribution in [3.05, 3.63) is 24.3 Å². The number of nitrogens with one attached hydrogen (secondary N) is 2. The molecule has 2 amide bonds. The quantitative estimate of drug-likeness (QED) is 0.0503. The fourth-order valence-electron chi connectivity index (χ4n) is 10.8. The minimum atomic E-state index is -0.373. The maximum absolute atomic E-state index is 14.4. The highest BCUT2D eigenvalue weighted by Gasteiger charge is 2.21. The Morgan fingerprint density at radius 2 is 0.452 bits per heavy atom. The van der Waals surface area contributed by atoms with E-state index >= 15 is 0 Å². The van der Waals surface area contributed by atoms with Gasteiger partial charge in [-0.3, -0.25) is 0 Å². The molecule has 0 fully saturated rings. The molecule has 2 N–H and O–H groups in total. The van der Waals surface area contributed by atoms with Gasteiger partial charge in [-0.25, -0.2) is 4.79 Å². The van der Waals surface area contributed by atoms with Crippen molar-refractivity contribution >= 4 is 49.3 Å². The minimum absolute atomic E-state index is 0.373. The number of carbonyl (C=O) groups is 1. The number of unbranched alkanes of at least 4 members (excludes halogenated alkanes) is 42. The van der Waals surface area contributed by atoms with Crippen LogP contribution in [0.4, 0.5) is 16.2 Å². The van der Waals surface area contributed by atoms with Crippen molar-refractivity contribution in [2.75, 3.05) is 60.9 Å². The van der Waals surface area contributed by atoms with Crippen LogP contribution < -0.4 is 39.1 Å². The third-order valence-electron chi connectivity index (χ3n) is 16.1. The van der Waals surface area contributed by atoms with E-state index in [1.165, 1.54) is 231 Å². The summed E-state index contributed by atoms with van der Waals surface area (Å²) in [5.41, 5.74) is 1.18. The van der Waals surface area contributed by atoms with Crippen LogP contribution in [0.25, 0.3) is 0 Å². The Balaban J connectivity index is 2.45. The zero-order valence-electron chi connectivity index (χ0n) is 55.0. The van der Waals surface area contributed by atoms with Crippen LogP contribution in [0.1, 0.15) is 336 Å². The second kappa shape index (κ2) is 59.4. The Hall–Kier alpha value is -2.53. The molecular formula is C73H130Br2N2O7. The summed E-state index contributed by atoms with van der Waals surface area (Å²) in [4.78, 5) is 14.4. The monoisotopic (exact) mass is 1300 g/mol. The minimum Gasteiger partial charge on any atom is -0.489 e. The molecule has 0 unspecified atom stereocenters. The SMILES string of the molecule is CCCCCCCCCCOc1cc(NC(=O)Nc2cc(OCCCCCCCCCC)c(OCCCCCCCCCC)c(OCCCCCCCCCCBr)c2)cc(OCCCCCCCCCCBr)c1OCCCCCCCCCC. The average molecular weight is 1310 g/mol. The maximum atomic E-state index is 14.4. The lowest BCUT2D eigenvalue weighted by Gasteiger charge is -2.20.